The molecule has 88 valence electrons. The van der Waals surface area contributed by atoms with Gasteiger partial charge >= 0.3 is 0 Å². The normalized spacial score (nSPS) is 12.3. The van der Waals surface area contributed by atoms with Gasteiger partial charge in [0.05, 0.1) is 0 Å². The van der Waals surface area contributed by atoms with Crippen molar-refractivity contribution in [3.63, 3.8) is 0 Å². The SMILES string of the molecule is N#CC1=C(C#N)c2ccccc2-c2ccccc2O1. The highest BCUT2D eigenvalue weighted by Crippen LogP contribution is 2.39. The number of hydrogen-bond donors (Lipinski definition) is 0. The molecule has 3 nitrogen and oxygen atoms in total. The number of ether oxygens (including phenoxy) is 1. The number of benzene rings is 2. The molecule has 1 heterocycles. The third kappa shape index (κ3) is 1.66. The van der Waals surface area contributed by atoms with Crippen LogP contribution in [0, 0.1) is 22.7 Å². The van der Waals surface area contributed by atoms with E-state index in [4.69, 9.17) is 4.74 Å². The van der Waals surface area contributed by atoms with Gasteiger partial charge in [-0.1, -0.05) is 42.5 Å². The molecule has 3 rings (SSSR count). The van der Waals surface area contributed by atoms with E-state index in [1.807, 2.05) is 48.5 Å². The highest BCUT2D eigenvalue weighted by molar-refractivity contribution is 5.92. The fraction of sp³-hybridized carbons (Fsp3) is 0. The summed E-state index contributed by atoms with van der Waals surface area (Å²) in [6, 6.07) is 19.0. The Morgan fingerprint density at radius 2 is 1.37 bits per heavy atom. The topological polar surface area (TPSA) is 56.8 Å². The van der Waals surface area contributed by atoms with Crippen LogP contribution >= 0.6 is 0 Å². The minimum Gasteiger partial charge on any atom is -0.444 e. The number of rotatable bonds is 0. The van der Waals surface area contributed by atoms with Crippen LogP contribution in [0.5, 0.6) is 5.75 Å². The van der Waals surface area contributed by atoms with Crippen molar-refractivity contribution < 1.29 is 4.74 Å². The maximum absolute atomic E-state index is 9.30. The van der Waals surface area contributed by atoms with E-state index in [1.165, 1.54) is 0 Å². The number of nitriles is 2. The first kappa shape index (κ1) is 11.1. The van der Waals surface area contributed by atoms with Crippen LogP contribution in [0.15, 0.2) is 54.3 Å². The van der Waals surface area contributed by atoms with Gasteiger partial charge in [0.1, 0.15) is 23.5 Å². The molecule has 2 aromatic rings. The molecule has 1 aliphatic heterocycles. The quantitative estimate of drug-likeness (QED) is 0.712. The number of para-hydroxylation sites is 1. The Labute approximate surface area is 110 Å². The third-order valence-corrected chi connectivity index (χ3v) is 3.03. The molecule has 0 radical (unpaired) electrons. The fourth-order valence-corrected chi connectivity index (χ4v) is 2.19. The Morgan fingerprint density at radius 3 is 2.05 bits per heavy atom. The van der Waals surface area contributed by atoms with Crippen molar-refractivity contribution in [2.45, 2.75) is 0 Å². The van der Waals surface area contributed by atoms with Crippen molar-refractivity contribution in [2.24, 2.45) is 0 Å². The third-order valence-electron chi connectivity index (χ3n) is 3.03. The predicted octanol–water partition coefficient (Wildman–Crippen LogP) is 3.50. The lowest BCUT2D eigenvalue weighted by molar-refractivity contribution is 0.454. The van der Waals surface area contributed by atoms with E-state index in [9.17, 15) is 10.5 Å². The summed E-state index contributed by atoms with van der Waals surface area (Å²) in [6.07, 6.45) is 0. The minimum absolute atomic E-state index is 0.0416. The first-order valence-corrected chi connectivity index (χ1v) is 5.76. The Hall–Kier alpha value is -3.04. The molecular formula is C16H8N2O. The highest BCUT2D eigenvalue weighted by Gasteiger charge is 2.22. The van der Waals surface area contributed by atoms with Crippen molar-refractivity contribution in [3.05, 3.63) is 59.9 Å². The lowest BCUT2D eigenvalue weighted by Crippen LogP contribution is -1.95. The number of fused-ring (bicyclic) bond motifs is 3. The zero-order chi connectivity index (χ0) is 13.2. The van der Waals surface area contributed by atoms with E-state index in [0.717, 1.165) is 16.7 Å². The number of nitrogens with zero attached hydrogens (tertiary/aromatic N) is 2. The van der Waals surface area contributed by atoms with Gasteiger partial charge < -0.3 is 4.74 Å². The Balaban J connectivity index is 2.42. The van der Waals surface area contributed by atoms with E-state index >= 15 is 0 Å². The van der Waals surface area contributed by atoms with Crippen molar-refractivity contribution in [3.8, 4) is 29.0 Å². The molecule has 0 atom stereocenters. The van der Waals surface area contributed by atoms with Crippen LogP contribution in [-0.2, 0) is 0 Å². The van der Waals surface area contributed by atoms with Gasteiger partial charge in [-0.25, -0.2) is 0 Å². The van der Waals surface area contributed by atoms with Crippen molar-refractivity contribution in [2.75, 3.05) is 0 Å². The van der Waals surface area contributed by atoms with Crippen LogP contribution in [0.3, 0.4) is 0 Å². The molecule has 0 N–H and O–H groups in total. The summed E-state index contributed by atoms with van der Waals surface area (Å²) >= 11 is 0. The van der Waals surface area contributed by atoms with Gasteiger partial charge in [0, 0.05) is 11.1 Å². The molecule has 0 aromatic heterocycles. The molecule has 0 saturated heterocycles. The molecule has 0 spiro atoms. The summed E-state index contributed by atoms with van der Waals surface area (Å²) in [5.41, 5.74) is 2.79. The number of hydrogen-bond acceptors (Lipinski definition) is 3. The van der Waals surface area contributed by atoms with E-state index in [2.05, 4.69) is 6.07 Å². The smallest absolute Gasteiger partial charge is 0.222 e. The average Bonchev–Trinajstić information content (AvgIpc) is 2.61. The van der Waals surface area contributed by atoms with Crippen molar-refractivity contribution in [1.29, 1.82) is 10.5 Å². The molecule has 19 heavy (non-hydrogen) atoms. The maximum Gasteiger partial charge on any atom is 0.222 e. The molecule has 3 heteroatoms. The Bertz CT molecular complexity index is 776. The molecule has 2 aromatic carbocycles. The molecule has 0 fully saturated rings. The molecule has 0 amide bonds. The number of allylic oxidation sites excluding steroid dienone is 2. The average molecular weight is 244 g/mol. The molecular weight excluding hydrogens is 236 g/mol. The second-order valence-electron chi connectivity index (χ2n) is 4.07. The van der Waals surface area contributed by atoms with E-state index in [1.54, 1.807) is 6.07 Å². The first-order chi connectivity index (χ1) is 9.35. The van der Waals surface area contributed by atoms with Crippen molar-refractivity contribution >= 4 is 5.57 Å². The molecule has 0 aliphatic carbocycles. The largest absolute Gasteiger partial charge is 0.444 e. The maximum atomic E-state index is 9.30. The lowest BCUT2D eigenvalue weighted by Gasteiger charge is -2.07. The van der Waals surface area contributed by atoms with Gasteiger partial charge in [-0.2, -0.15) is 10.5 Å². The fourth-order valence-electron chi connectivity index (χ4n) is 2.19. The second-order valence-corrected chi connectivity index (χ2v) is 4.07. The first-order valence-electron chi connectivity index (χ1n) is 5.76. The van der Waals surface area contributed by atoms with E-state index < -0.39 is 0 Å². The molecule has 0 saturated carbocycles. The summed E-state index contributed by atoms with van der Waals surface area (Å²) in [6.45, 7) is 0. The van der Waals surface area contributed by atoms with Gasteiger partial charge in [-0.05, 0) is 11.6 Å². The van der Waals surface area contributed by atoms with E-state index in [0.29, 0.717) is 5.75 Å². The lowest BCUT2D eigenvalue weighted by atomic mass is 9.95. The van der Waals surface area contributed by atoms with Gasteiger partial charge in [-0.3, -0.25) is 0 Å². The Kier molecular flexibility index (Phi) is 2.52. The van der Waals surface area contributed by atoms with Gasteiger partial charge in [-0.15, -0.1) is 0 Å². The minimum atomic E-state index is 0.0416. The van der Waals surface area contributed by atoms with Crippen LogP contribution in [0.25, 0.3) is 16.7 Å². The zero-order valence-electron chi connectivity index (χ0n) is 9.92. The van der Waals surface area contributed by atoms with Crippen LogP contribution in [0.1, 0.15) is 5.56 Å². The highest BCUT2D eigenvalue weighted by atomic mass is 16.5. The second kappa shape index (κ2) is 4.33. The monoisotopic (exact) mass is 244 g/mol. The van der Waals surface area contributed by atoms with Gasteiger partial charge in [0.15, 0.2) is 0 Å². The summed E-state index contributed by atoms with van der Waals surface area (Å²) in [7, 11) is 0. The molecule has 1 aliphatic rings. The predicted molar refractivity (Wildman–Crippen MR) is 70.7 cm³/mol. The standard InChI is InChI=1S/C16H8N2O/c17-9-14-12-6-2-1-5-11(12)13-7-3-4-8-15(13)19-16(14)10-18/h1-8H. The van der Waals surface area contributed by atoms with Gasteiger partial charge in [0.2, 0.25) is 5.76 Å². The summed E-state index contributed by atoms with van der Waals surface area (Å²) < 4.78 is 5.59. The van der Waals surface area contributed by atoms with Gasteiger partial charge in [0.25, 0.3) is 0 Å². The molecule has 0 bridgehead atoms. The zero-order valence-corrected chi connectivity index (χ0v) is 9.92. The summed E-state index contributed by atoms with van der Waals surface area (Å²) in [5, 5.41) is 18.5. The van der Waals surface area contributed by atoms with Crippen LogP contribution in [0.2, 0.25) is 0 Å². The van der Waals surface area contributed by atoms with Crippen LogP contribution in [-0.4, -0.2) is 0 Å². The molecule has 0 unspecified atom stereocenters. The van der Waals surface area contributed by atoms with Crippen molar-refractivity contribution in [1.82, 2.24) is 0 Å². The van der Waals surface area contributed by atoms with Crippen LogP contribution in [0.4, 0.5) is 0 Å². The summed E-state index contributed by atoms with van der Waals surface area (Å²) in [5.74, 6) is 0.636. The summed E-state index contributed by atoms with van der Waals surface area (Å²) in [4.78, 5) is 0. The van der Waals surface area contributed by atoms with E-state index in [-0.39, 0.29) is 11.3 Å². The Morgan fingerprint density at radius 1 is 0.737 bits per heavy atom. The van der Waals surface area contributed by atoms with Crippen LogP contribution < -0.4 is 4.74 Å².